The average Bonchev–Trinajstić information content (AvgIpc) is 2.05. The topological polar surface area (TPSA) is 70.6 Å². The summed E-state index contributed by atoms with van der Waals surface area (Å²) >= 11 is 0. The van der Waals surface area contributed by atoms with Gasteiger partial charge in [-0.3, -0.25) is 10.2 Å². The first kappa shape index (κ1) is 7.30. The van der Waals surface area contributed by atoms with Crippen LogP contribution in [0, 0.1) is 4.91 Å². The lowest BCUT2D eigenvalue weighted by Crippen LogP contribution is -2.49. The van der Waals surface area contributed by atoms with E-state index in [0.29, 0.717) is 6.42 Å². The first-order valence-corrected chi connectivity index (χ1v) is 3.20. The molecule has 1 unspecified atom stereocenters. The van der Waals surface area contributed by atoms with Crippen LogP contribution in [-0.2, 0) is 4.79 Å². The van der Waals surface area contributed by atoms with Gasteiger partial charge in [0.15, 0.2) is 0 Å². The van der Waals surface area contributed by atoms with Gasteiger partial charge in [-0.05, 0) is 12.8 Å². The zero-order chi connectivity index (χ0) is 7.40. The third kappa shape index (κ3) is 1.58. The molecule has 1 atom stereocenters. The minimum atomic E-state index is -0.618. The molecular formula is C5H9N3O2. The highest BCUT2D eigenvalue weighted by Gasteiger charge is 2.20. The smallest absolute Gasteiger partial charge is 0.267 e. The summed E-state index contributed by atoms with van der Waals surface area (Å²) < 4.78 is 0. The van der Waals surface area contributed by atoms with Crippen molar-refractivity contribution >= 4 is 5.91 Å². The number of amides is 1. The maximum atomic E-state index is 10.6. The maximum Gasteiger partial charge on any atom is 0.304 e. The van der Waals surface area contributed by atoms with Crippen molar-refractivity contribution in [3.8, 4) is 0 Å². The molecule has 1 fully saturated rings. The van der Waals surface area contributed by atoms with Crippen molar-refractivity contribution < 1.29 is 4.79 Å². The van der Waals surface area contributed by atoms with Gasteiger partial charge in [-0.15, -0.1) is 4.91 Å². The van der Waals surface area contributed by atoms with Gasteiger partial charge in [0, 0.05) is 11.7 Å². The summed E-state index contributed by atoms with van der Waals surface area (Å²) in [6.07, 6.45) is 1.59. The van der Waals surface area contributed by atoms with E-state index in [1.807, 2.05) is 0 Å². The minimum absolute atomic E-state index is 0.411. The Morgan fingerprint density at radius 1 is 1.60 bits per heavy atom. The van der Waals surface area contributed by atoms with Gasteiger partial charge in [-0.2, -0.15) is 0 Å². The zero-order valence-corrected chi connectivity index (χ0v) is 5.46. The second kappa shape index (κ2) is 3.38. The number of hydrogen-bond acceptors (Lipinski definition) is 4. The first-order chi connectivity index (χ1) is 4.84. The first-order valence-electron chi connectivity index (χ1n) is 3.20. The van der Waals surface area contributed by atoms with Crippen LogP contribution in [0.1, 0.15) is 12.8 Å². The second-order valence-electron chi connectivity index (χ2n) is 2.20. The molecule has 0 spiro atoms. The fourth-order valence-corrected chi connectivity index (χ4v) is 0.911. The van der Waals surface area contributed by atoms with Crippen LogP contribution in [0.3, 0.4) is 0 Å². The molecule has 1 saturated heterocycles. The summed E-state index contributed by atoms with van der Waals surface area (Å²) in [5.41, 5.74) is 5.46. The molecule has 1 aliphatic heterocycles. The van der Waals surface area contributed by atoms with E-state index in [9.17, 15) is 9.70 Å². The van der Waals surface area contributed by atoms with Crippen LogP contribution < -0.4 is 10.9 Å². The Hall–Kier alpha value is -0.810. The van der Waals surface area contributed by atoms with Crippen molar-refractivity contribution in [3.63, 3.8) is 0 Å². The number of nitrogens with one attached hydrogen (secondary N) is 2. The van der Waals surface area contributed by atoms with Crippen LogP contribution in [0.4, 0.5) is 0 Å². The monoisotopic (exact) mass is 143 g/mol. The summed E-state index contributed by atoms with van der Waals surface area (Å²) in [6.45, 7) is 0.836. The molecule has 2 N–H and O–H groups in total. The van der Waals surface area contributed by atoms with E-state index in [1.165, 1.54) is 0 Å². The highest BCUT2D eigenvalue weighted by molar-refractivity contribution is 5.82. The lowest BCUT2D eigenvalue weighted by molar-refractivity contribution is -0.120. The number of rotatable bonds is 1. The number of nitrogens with zero attached hydrogens (tertiary/aromatic N) is 1. The van der Waals surface area contributed by atoms with Gasteiger partial charge in [-0.25, -0.2) is 5.43 Å². The van der Waals surface area contributed by atoms with E-state index in [0.717, 1.165) is 13.0 Å². The van der Waals surface area contributed by atoms with Crippen LogP contribution in [0.2, 0.25) is 0 Å². The molecule has 0 bridgehead atoms. The van der Waals surface area contributed by atoms with Crippen molar-refractivity contribution in [3.05, 3.63) is 4.91 Å². The maximum absolute atomic E-state index is 10.6. The average molecular weight is 143 g/mol. The molecule has 5 nitrogen and oxygen atoms in total. The lowest BCUT2D eigenvalue weighted by atomic mass is 10.1. The number of hydrazine groups is 1. The molecule has 0 aromatic rings. The Labute approximate surface area is 58.1 Å². The summed E-state index contributed by atoms with van der Waals surface area (Å²) in [5.74, 6) is -0.618. The Bertz CT molecular complexity index is 142. The third-order valence-corrected chi connectivity index (χ3v) is 1.46. The molecular weight excluding hydrogens is 134 g/mol. The van der Waals surface area contributed by atoms with Gasteiger partial charge in [0.2, 0.25) is 0 Å². The van der Waals surface area contributed by atoms with Crippen molar-refractivity contribution in [2.75, 3.05) is 6.54 Å². The van der Waals surface area contributed by atoms with Crippen LogP contribution in [-0.4, -0.2) is 18.5 Å². The Morgan fingerprint density at radius 2 is 2.40 bits per heavy atom. The molecule has 5 heteroatoms. The quantitative estimate of drug-likeness (QED) is 0.487. The Balaban J connectivity index is 2.38. The predicted octanol–water partition coefficient (Wildman–Crippen LogP) is -0.464. The summed E-state index contributed by atoms with van der Waals surface area (Å²) in [4.78, 5) is 20.3. The molecule has 0 aliphatic carbocycles. The lowest BCUT2D eigenvalue weighted by Gasteiger charge is -2.19. The van der Waals surface area contributed by atoms with Gasteiger partial charge < -0.3 is 0 Å². The largest absolute Gasteiger partial charge is 0.304 e. The summed E-state index contributed by atoms with van der Waals surface area (Å²) in [5, 5.41) is 2.32. The second-order valence-corrected chi connectivity index (χ2v) is 2.20. The molecule has 0 aromatic carbocycles. The summed E-state index contributed by atoms with van der Waals surface area (Å²) in [7, 11) is 0. The van der Waals surface area contributed by atoms with E-state index in [4.69, 9.17) is 0 Å². The SMILES string of the molecule is O=NC(=O)C1CCCNN1. The highest BCUT2D eigenvalue weighted by atomic mass is 16.3. The molecule has 0 saturated carbocycles. The van der Waals surface area contributed by atoms with Gasteiger partial charge >= 0.3 is 5.91 Å². The Morgan fingerprint density at radius 3 is 2.90 bits per heavy atom. The number of nitroso groups, excluding NO2 is 1. The molecule has 56 valence electrons. The number of carbonyl (C=O) groups is 1. The van der Waals surface area contributed by atoms with Crippen LogP contribution in [0.25, 0.3) is 0 Å². The Kier molecular flexibility index (Phi) is 2.47. The molecule has 10 heavy (non-hydrogen) atoms. The zero-order valence-electron chi connectivity index (χ0n) is 5.46. The van der Waals surface area contributed by atoms with Crippen molar-refractivity contribution in [2.45, 2.75) is 18.9 Å². The van der Waals surface area contributed by atoms with Gasteiger partial charge in [-0.1, -0.05) is 0 Å². The van der Waals surface area contributed by atoms with Gasteiger partial charge in [0.1, 0.15) is 6.04 Å². The molecule has 1 heterocycles. The van der Waals surface area contributed by atoms with Crippen molar-refractivity contribution in [1.29, 1.82) is 0 Å². The van der Waals surface area contributed by atoms with Crippen molar-refractivity contribution in [2.24, 2.45) is 5.18 Å². The van der Waals surface area contributed by atoms with Crippen LogP contribution >= 0.6 is 0 Å². The van der Waals surface area contributed by atoms with E-state index in [2.05, 4.69) is 16.0 Å². The molecule has 1 rings (SSSR count). The molecule has 1 amide bonds. The fourth-order valence-electron chi connectivity index (χ4n) is 0.911. The van der Waals surface area contributed by atoms with Crippen molar-refractivity contribution in [1.82, 2.24) is 10.9 Å². The van der Waals surface area contributed by atoms with Crippen LogP contribution in [0.5, 0.6) is 0 Å². The standard InChI is InChI=1S/C5H9N3O2/c9-5(8-10)4-2-1-3-6-7-4/h4,6-7H,1-3H2. The highest BCUT2D eigenvalue weighted by Crippen LogP contribution is 2.01. The molecule has 1 aliphatic rings. The van der Waals surface area contributed by atoms with E-state index >= 15 is 0 Å². The normalized spacial score (nSPS) is 25.8. The van der Waals surface area contributed by atoms with E-state index in [1.54, 1.807) is 0 Å². The fraction of sp³-hybridized carbons (Fsp3) is 0.800. The summed E-state index contributed by atoms with van der Waals surface area (Å²) in [6, 6.07) is -0.411. The van der Waals surface area contributed by atoms with Crippen LogP contribution in [0.15, 0.2) is 5.18 Å². The number of hydrogen-bond donors (Lipinski definition) is 2. The third-order valence-electron chi connectivity index (χ3n) is 1.46. The van der Waals surface area contributed by atoms with Gasteiger partial charge in [0.05, 0.1) is 0 Å². The van der Waals surface area contributed by atoms with E-state index < -0.39 is 11.9 Å². The predicted molar refractivity (Wildman–Crippen MR) is 35.0 cm³/mol. The number of carbonyl (C=O) groups excluding carboxylic acids is 1. The van der Waals surface area contributed by atoms with E-state index in [-0.39, 0.29) is 0 Å². The van der Waals surface area contributed by atoms with Gasteiger partial charge in [0.25, 0.3) is 0 Å². The minimum Gasteiger partial charge on any atom is -0.267 e. The molecule has 0 aromatic heterocycles. The molecule has 0 radical (unpaired) electrons.